The molecule has 2 rings (SSSR count). The van der Waals surface area contributed by atoms with Gasteiger partial charge in [0.25, 0.3) is 5.56 Å². The lowest BCUT2D eigenvalue weighted by Gasteiger charge is -2.25. The molecule has 0 unspecified atom stereocenters. The zero-order chi connectivity index (χ0) is 16.2. The molecule has 0 aliphatic heterocycles. The van der Waals surface area contributed by atoms with Crippen LogP contribution in [0.25, 0.3) is 10.9 Å². The summed E-state index contributed by atoms with van der Waals surface area (Å²) in [6.07, 6.45) is 1.14. The summed E-state index contributed by atoms with van der Waals surface area (Å²) in [5.41, 5.74) is 0.0386. The summed E-state index contributed by atoms with van der Waals surface area (Å²) >= 11 is 0. The number of nitrogens with one attached hydrogen (secondary N) is 2. The van der Waals surface area contributed by atoms with Crippen LogP contribution in [0.15, 0.2) is 35.1 Å². The normalized spacial score (nSPS) is 11.6. The van der Waals surface area contributed by atoms with Crippen LogP contribution < -0.4 is 10.9 Å². The fourth-order valence-corrected chi connectivity index (χ4v) is 2.32. The monoisotopic (exact) mass is 302 g/mol. The lowest BCUT2D eigenvalue weighted by atomic mass is 9.97. The summed E-state index contributed by atoms with van der Waals surface area (Å²) < 4.78 is 0. The third kappa shape index (κ3) is 3.74. The predicted octanol–water partition coefficient (Wildman–Crippen LogP) is 1.74. The van der Waals surface area contributed by atoms with Gasteiger partial charge in [0.2, 0.25) is 5.91 Å². The highest BCUT2D eigenvalue weighted by Gasteiger charge is 2.22. The minimum Gasteiger partial charge on any atom is -0.388 e. The van der Waals surface area contributed by atoms with E-state index in [0.717, 1.165) is 10.9 Å². The maximum atomic E-state index is 12.0. The lowest BCUT2D eigenvalue weighted by Crippen LogP contribution is -2.42. The minimum atomic E-state index is -0.883. The van der Waals surface area contributed by atoms with E-state index in [-0.39, 0.29) is 24.4 Å². The van der Waals surface area contributed by atoms with E-state index in [2.05, 4.69) is 10.3 Å². The highest BCUT2D eigenvalue weighted by Crippen LogP contribution is 2.13. The Morgan fingerprint density at radius 1 is 1.27 bits per heavy atom. The third-order valence-electron chi connectivity index (χ3n) is 4.11. The molecule has 0 aliphatic carbocycles. The fourth-order valence-electron chi connectivity index (χ4n) is 2.32. The van der Waals surface area contributed by atoms with Crippen LogP contribution in [-0.4, -0.2) is 28.1 Å². The van der Waals surface area contributed by atoms with Crippen molar-refractivity contribution in [1.82, 2.24) is 10.3 Å². The van der Waals surface area contributed by atoms with Crippen LogP contribution in [0, 0.1) is 0 Å². The van der Waals surface area contributed by atoms with E-state index >= 15 is 0 Å². The van der Waals surface area contributed by atoms with Crippen molar-refractivity contribution >= 4 is 16.8 Å². The molecule has 1 amide bonds. The molecule has 1 heterocycles. The van der Waals surface area contributed by atoms with Gasteiger partial charge in [0.05, 0.1) is 12.0 Å². The molecule has 118 valence electrons. The Balaban J connectivity index is 2.09. The topological polar surface area (TPSA) is 82.2 Å². The molecule has 1 aromatic heterocycles. The SMILES string of the molecule is CCC(O)(CC)CNC(=O)Cc1cc2ccccc2[nH]c1=O. The first-order valence-electron chi connectivity index (χ1n) is 7.57. The van der Waals surface area contributed by atoms with Gasteiger partial charge in [0.15, 0.2) is 0 Å². The Kier molecular flexibility index (Phi) is 4.98. The molecule has 0 radical (unpaired) electrons. The molecule has 3 N–H and O–H groups in total. The number of hydrogen-bond acceptors (Lipinski definition) is 3. The largest absolute Gasteiger partial charge is 0.388 e. The van der Waals surface area contributed by atoms with E-state index < -0.39 is 5.60 Å². The molecule has 0 aliphatic rings. The zero-order valence-electron chi connectivity index (χ0n) is 13.0. The van der Waals surface area contributed by atoms with Crippen molar-refractivity contribution in [1.29, 1.82) is 0 Å². The molecule has 5 heteroatoms. The number of hydrogen-bond donors (Lipinski definition) is 3. The summed E-state index contributed by atoms with van der Waals surface area (Å²) in [6, 6.07) is 9.18. The lowest BCUT2D eigenvalue weighted by molar-refractivity contribution is -0.121. The highest BCUT2D eigenvalue weighted by atomic mass is 16.3. The Labute approximate surface area is 129 Å². The number of amides is 1. The van der Waals surface area contributed by atoms with Gasteiger partial charge in [-0.2, -0.15) is 0 Å². The number of para-hydroxylation sites is 1. The number of aliphatic hydroxyl groups is 1. The van der Waals surface area contributed by atoms with Gasteiger partial charge in [0, 0.05) is 17.6 Å². The number of carbonyl (C=O) groups excluding carboxylic acids is 1. The van der Waals surface area contributed by atoms with Gasteiger partial charge < -0.3 is 15.4 Å². The van der Waals surface area contributed by atoms with E-state index in [0.29, 0.717) is 18.4 Å². The van der Waals surface area contributed by atoms with Gasteiger partial charge in [-0.05, 0) is 30.4 Å². The van der Waals surface area contributed by atoms with E-state index in [1.807, 2.05) is 38.1 Å². The number of aromatic amines is 1. The molecule has 0 atom stereocenters. The second-order valence-electron chi connectivity index (χ2n) is 5.60. The summed E-state index contributed by atoms with van der Waals surface area (Å²) in [6.45, 7) is 3.96. The van der Waals surface area contributed by atoms with Gasteiger partial charge in [-0.1, -0.05) is 32.0 Å². The Morgan fingerprint density at radius 2 is 1.95 bits per heavy atom. The average Bonchev–Trinajstić information content (AvgIpc) is 2.53. The Morgan fingerprint density at radius 3 is 2.64 bits per heavy atom. The molecule has 1 aromatic carbocycles. The van der Waals surface area contributed by atoms with Gasteiger partial charge in [0.1, 0.15) is 0 Å². The van der Waals surface area contributed by atoms with Crippen molar-refractivity contribution in [2.24, 2.45) is 0 Å². The van der Waals surface area contributed by atoms with Crippen LogP contribution in [0.4, 0.5) is 0 Å². The number of benzene rings is 1. The molecule has 0 bridgehead atoms. The number of aromatic nitrogens is 1. The molecule has 0 saturated heterocycles. The van der Waals surface area contributed by atoms with E-state index in [1.54, 1.807) is 6.07 Å². The molecule has 5 nitrogen and oxygen atoms in total. The summed E-state index contributed by atoms with van der Waals surface area (Å²) in [4.78, 5) is 26.8. The van der Waals surface area contributed by atoms with Crippen LogP contribution in [0.5, 0.6) is 0 Å². The van der Waals surface area contributed by atoms with Crippen LogP contribution in [-0.2, 0) is 11.2 Å². The van der Waals surface area contributed by atoms with Crippen molar-refractivity contribution in [3.8, 4) is 0 Å². The number of carbonyl (C=O) groups is 1. The van der Waals surface area contributed by atoms with Crippen LogP contribution in [0.3, 0.4) is 0 Å². The van der Waals surface area contributed by atoms with E-state index in [1.165, 1.54) is 0 Å². The number of H-pyrrole nitrogens is 1. The first-order valence-corrected chi connectivity index (χ1v) is 7.57. The second kappa shape index (κ2) is 6.75. The molecule has 0 spiro atoms. The number of rotatable bonds is 6. The molecule has 0 fully saturated rings. The van der Waals surface area contributed by atoms with Crippen LogP contribution in [0.2, 0.25) is 0 Å². The summed E-state index contributed by atoms with van der Waals surface area (Å²) in [7, 11) is 0. The maximum Gasteiger partial charge on any atom is 0.252 e. The van der Waals surface area contributed by atoms with Crippen molar-refractivity contribution in [3.05, 3.63) is 46.2 Å². The van der Waals surface area contributed by atoms with Gasteiger partial charge in [-0.25, -0.2) is 0 Å². The maximum absolute atomic E-state index is 12.0. The first-order chi connectivity index (χ1) is 10.5. The van der Waals surface area contributed by atoms with E-state index in [9.17, 15) is 14.7 Å². The second-order valence-corrected chi connectivity index (χ2v) is 5.60. The summed E-state index contributed by atoms with van der Waals surface area (Å²) in [5, 5.41) is 13.8. The van der Waals surface area contributed by atoms with Crippen LogP contribution >= 0.6 is 0 Å². The van der Waals surface area contributed by atoms with Gasteiger partial charge in [-0.3, -0.25) is 9.59 Å². The number of fused-ring (bicyclic) bond motifs is 1. The summed E-state index contributed by atoms with van der Waals surface area (Å²) in [5.74, 6) is -0.263. The van der Waals surface area contributed by atoms with Crippen molar-refractivity contribution in [3.63, 3.8) is 0 Å². The Hall–Kier alpha value is -2.14. The third-order valence-corrected chi connectivity index (χ3v) is 4.11. The van der Waals surface area contributed by atoms with Crippen molar-refractivity contribution in [2.75, 3.05) is 6.54 Å². The smallest absolute Gasteiger partial charge is 0.252 e. The van der Waals surface area contributed by atoms with Gasteiger partial charge >= 0.3 is 0 Å². The quantitative estimate of drug-likeness (QED) is 0.760. The van der Waals surface area contributed by atoms with Crippen molar-refractivity contribution in [2.45, 2.75) is 38.7 Å². The molecular weight excluding hydrogens is 280 g/mol. The minimum absolute atomic E-state index is 0.00365. The highest BCUT2D eigenvalue weighted by molar-refractivity contribution is 5.82. The molecular formula is C17H22N2O3. The zero-order valence-corrected chi connectivity index (χ0v) is 13.0. The molecule has 2 aromatic rings. The average molecular weight is 302 g/mol. The fraction of sp³-hybridized carbons (Fsp3) is 0.412. The predicted molar refractivity (Wildman–Crippen MR) is 86.8 cm³/mol. The van der Waals surface area contributed by atoms with E-state index in [4.69, 9.17) is 0 Å². The van der Waals surface area contributed by atoms with Gasteiger partial charge in [-0.15, -0.1) is 0 Å². The standard InChI is InChI=1S/C17H22N2O3/c1-3-17(22,4-2)11-18-15(20)10-13-9-12-7-5-6-8-14(12)19-16(13)21/h5-9,22H,3-4,10-11H2,1-2H3,(H,18,20)(H,19,21). The van der Waals surface area contributed by atoms with Crippen LogP contribution in [0.1, 0.15) is 32.3 Å². The molecule has 0 saturated carbocycles. The number of pyridine rings is 1. The Bertz CT molecular complexity index is 717. The molecule has 22 heavy (non-hydrogen) atoms. The van der Waals surface area contributed by atoms with Crippen molar-refractivity contribution < 1.29 is 9.90 Å². The first kappa shape index (κ1) is 16.2.